The zero-order chi connectivity index (χ0) is 17.6. The summed E-state index contributed by atoms with van der Waals surface area (Å²) in [5.41, 5.74) is 0.911. The summed E-state index contributed by atoms with van der Waals surface area (Å²) in [6.07, 6.45) is 3.85. The van der Waals surface area contributed by atoms with Gasteiger partial charge in [-0.25, -0.2) is 4.39 Å². The summed E-state index contributed by atoms with van der Waals surface area (Å²) >= 11 is 2.95. The molecule has 0 saturated carbocycles. The minimum atomic E-state index is -0.291. The van der Waals surface area contributed by atoms with E-state index in [1.54, 1.807) is 40.7 Å². The van der Waals surface area contributed by atoms with E-state index in [0.29, 0.717) is 18.1 Å². The fourth-order valence-electron chi connectivity index (χ4n) is 2.35. The number of amidine groups is 1. The first kappa shape index (κ1) is 17.6. The number of nitrogens with zero attached hydrogens (tertiary/aromatic N) is 3. The molecule has 1 fully saturated rings. The molecule has 1 aliphatic heterocycles. The number of hydrogen-bond acceptors (Lipinski definition) is 5. The first-order valence-corrected chi connectivity index (χ1v) is 9.41. The fourth-order valence-corrected chi connectivity index (χ4v) is 4.07. The molecular formula is C18H16FN3OS2. The second-order valence-corrected chi connectivity index (χ2v) is 7.47. The van der Waals surface area contributed by atoms with E-state index in [2.05, 4.69) is 16.8 Å². The van der Waals surface area contributed by atoms with Crippen molar-refractivity contribution in [3.8, 4) is 0 Å². The molecule has 0 unspecified atom stereocenters. The van der Waals surface area contributed by atoms with Gasteiger partial charge in [0.05, 0.1) is 11.5 Å². The Morgan fingerprint density at radius 3 is 2.76 bits per heavy atom. The Labute approximate surface area is 153 Å². The van der Waals surface area contributed by atoms with Crippen molar-refractivity contribution in [3.63, 3.8) is 0 Å². The van der Waals surface area contributed by atoms with Gasteiger partial charge in [-0.15, -0.1) is 23.0 Å². The molecule has 1 saturated heterocycles. The van der Waals surface area contributed by atoms with Crippen LogP contribution in [0, 0.1) is 5.82 Å². The Morgan fingerprint density at radius 1 is 1.28 bits per heavy atom. The van der Waals surface area contributed by atoms with Crippen LogP contribution in [0.15, 0.2) is 64.6 Å². The third kappa shape index (κ3) is 4.43. The molecule has 0 aliphatic carbocycles. The summed E-state index contributed by atoms with van der Waals surface area (Å²) in [7, 11) is 0. The van der Waals surface area contributed by atoms with Gasteiger partial charge in [0, 0.05) is 11.4 Å². The van der Waals surface area contributed by atoms with Crippen LogP contribution in [0.25, 0.3) is 0 Å². The van der Waals surface area contributed by atoms with Gasteiger partial charge in [-0.1, -0.05) is 36.0 Å². The largest absolute Gasteiger partial charge is 0.285 e. The Morgan fingerprint density at radius 2 is 2.08 bits per heavy atom. The minimum absolute atomic E-state index is 0.0284. The van der Waals surface area contributed by atoms with Crippen LogP contribution in [0.5, 0.6) is 0 Å². The number of carbonyl (C=O) groups is 1. The van der Waals surface area contributed by atoms with Crippen LogP contribution < -0.4 is 0 Å². The highest BCUT2D eigenvalue weighted by Crippen LogP contribution is 2.30. The van der Waals surface area contributed by atoms with Gasteiger partial charge < -0.3 is 0 Å². The predicted molar refractivity (Wildman–Crippen MR) is 103 cm³/mol. The van der Waals surface area contributed by atoms with Gasteiger partial charge in [0.1, 0.15) is 5.82 Å². The molecule has 3 rings (SSSR count). The monoisotopic (exact) mass is 373 g/mol. The fraction of sp³-hybridized carbons (Fsp3) is 0.167. The summed E-state index contributed by atoms with van der Waals surface area (Å²) in [4.78, 5) is 15.2. The summed E-state index contributed by atoms with van der Waals surface area (Å²) < 4.78 is 13.0. The lowest BCUT2D eigenvalue weighted by Crippen LogP contribution is -2.32. The van der Waals surface area contributed by atoms with E-state index in [1.807, 2.05) is 17.5 Å². The van der Waals surface area contributed by atoms with E-state index in [4.69, 9.17) is 0 Å². The number of hydrogen-bond donors (Lipinski definition) is 0. The molecule has 1 aromatic carbocycles. The molecule has 0 N–H and O–H groups in total. The van der Waals surface area contributed by atoms with Crippen molar-refractivity contribution in [1.29, 1.82) is 0 Å². The zero-order valence-electron chi connectivity index (χ0n) is 13.3. The van der Waals surface area contributed by atoms with Crippen LogP contribution in [0.2, 0.25) is 0 Å². The average Bonchev–Trinajstić information content (AvgIpc) is 3.21. The Hall–Kier alpha value is -2.25. The van der Waals surface area contributed by atoms with Crippen LogP contribution in [-0.2, 0) is 11.2 Å². The van der Waals surface area contributed by atoms with Gasteiger partial charge in [-0.2, -0.15) is 5.10 Å². The molecule has 1 aromatic heterocycles. The van der Waals surface area contributed by atoms with E-state index < -0.39 is 0 Å². The zero-order valence-corrected chi connectivity index (χ0v) is 15.0. The number of halogens is 1. The Balaban J connectivity index is 1.74. The highest BCUT2D eigenvalue weighted by Gasteiger charge is 2.37. The van der Waals surface area contributed by atoms with Crippen LogP contribution in [-0.4, -0.2) is 34.0 Å². The van der Waals surface area contributed by atoms with Crippen LogP contribution in [0.3, 0.4) is 0 Å². The lowest BCUT2D eigenvalue weighted by molar-refractivity contribution is -0.125. The summed E-state index contributed by atoms with van der Waals surface area (Å²) in [5, 5.41) is 10.5. The first-order valence-electron chi connectivity index (χ1n) is 7.65. The molecule has 1 atom stereocenters. The Bertz CT molecular complexity index is 800. The topological polar surface area (TPSA) is 45.0 Å². The molecule has 2 heterocycles. The number of carbonyl (C=O) groups excluding carboxylic acids is 1. The molecule has 25 heavy (non-hydrogen) atoms. The molecule has 0 radical (unpaired) electrons. The smallest absolute Gasteiger partial charge is 0.242 e. The van der Waals surface area contributed by atoms with Crippen LogP contribution in [0.1, 0.15) is 10.4 Å². The van der Waals surface area contributed by atoms with Gasteiger partial charge in [0.2, 0.25) is 5.91 Å². The molecule has 4 nitrogen and oxygen atoms in total. The van der Waals surface area contributed by atoms with Gasteiger partial charge >= 0.3 is 0 Å². The third-order valence-corrected chi connectivity index (χ3v) is 5.51. The van der Waals surface area contributed by atoms with E-state index in [-0.39, 0.29) is 17.0 Å². The summed E-state index contributed by atoms with van der Waals surface area (Å²) in [5.74, 6) is -0.313. The van der Waals surface area contributed by atoms with Crippen LogP contribution in [0.4, 0.5) is 4.39 Å². The minimum Gasteiger partial charge on any atom is -0.285 e. The van der Waals surface area contributed by atoms with E-state index >= 15 is 0 Å². The third-order valence-electron chi connectivity index (χ3n) is 3.54. The predicted octanol–water partition coefficient (Wildman–Crippen LogP) is 3.95. The number of thioether (sulfide) groups is 1. The normalized spacial score (nSPS) is 19.2. The second-order valence-electron chi connectivity index (χ2n) is 5.32. The van der Waals surface area contributed by atoms with E-state index in [1.165, 1.54) is 23.9 Å². The summed E-state index contributed by atoms with van der Waals surface area (Å²) in [6.45, 7) is 4.08. The van der Waals surface area contributed by atoms with Crippen molar-refractivity contribution in [2.45, 2.75) is 11.7 Å². The SMILES string of the molecule is C=CCN1C(=O)[C@@H](Cc2ccc(F)cc2)S/C1=N\N=C/c1cccs1. The van der Waals surface area contributed by atoms with Gasteiger partial charge in [-0.05, 0) is 35.6 Å². The van der Waals surface area contributed by atoms with Crippen molar-refractivity contribution in [2.24, 2.45) is 10.2 Å². The number of rotatable bonds is 6. The molecule has 0 spiro atoms. The lowest BCUT2D eigenvalue weighted by atomic mass is 10.1. The molecular weight excluding hydrogens is 357 g/mol. The van der Waals surface area contributed by atoms with Gasteiger partial charge in [-0.3, -0.25) is 9.69 Å². The molecule has 7 heteroatoms. The average molecular weight is 373 g/mol. The quantitative estimate of drug-likeness (QED) is 0.437. The number of benzene rings is 1. The highest BCUT2D eigenvalue weighted by atomic mass is 32.2. The van der Waals surface area contributed by atoms with E-state index in [9.17, 15) is 9.18 Å². The van der Waals surface area contributed by atoms with Gasteiger partial charge in [0.25, 0.3) is 0 Å². The van der Waals surface area contributed by atoms with E-state index in [0.717, 1.165) is 10.4 Å². The second kappa shape index (κ2) is 8.22. The Kier molecular flexibility index (Phi) is 5.78. The summed E-state index contributed by atoms with van der Waals surface area (Å²) in [6, 6.07) is 10.1. The van der Waals surface area contributed by atoms with Crippen molar-refractivity contribution in [3.05, 3.63) is 70.7 Å². The molecule has 2 aromatic rings. The van der Waals surface area contributed by atoms with Crippen molar-refractivity contribution < 1.29 is 9.18 Å². The maximum atomic E-state index is 13.0. The van der Waals surface area contributed by atoms with Crippen molar-refractivity contribution in [2.75, 3.05) is 6.54 Å². The number of thiophene rings is 1. The number of amides is 1. The maximum Gasteiger partial charge on any atom is 0.242 e. The van der Waals surface area contributed by atoms with Crippen molar-refractivity contribution in [1.82, 2.24) is 4.90 Å². The molecule has 1 amide bonds. The molecule has 1 aliphatic rings. The van der Waals surface area contributed by atoms with Crippen LogP contribution >= 0.6 is 23.1 Å². The first-order chi connectivity index (χ1) is 12.2. The molecule has 128 valence electrons. The lowest BCUT2D eigenvalue weighted by Gasteiger charge is -2.12. The molecule has 0 bridgehead atoms. The highest BCUT2D eigenvalue weighted by molar-refractivity contribution is 8.15. The van der Waals surface area contributed by atoms with Gasteiger partial charge in [0.15, 0.2) is 5.17 Å². The van der Waals surface area contributed by atoms with Crippen molar-refractivity contribution >= 4 is 40.4 Å². The standard InChI is InChI=1S/C18H16FN3OS2/c1-2-9-22-17(23)16(11-13-5-7-14(19)8-6-13)25-18(22)21-20-12-15-4-3-10-24-15/h2-8,10,12,16H,1,9,11H2/b20-12-,21-18-/t16-/m1/s1. The maximum absolute atomic E-state index is 13.0.